The lowest BCUT2D eigenvalue weighted by atomic mass is 9.63. The van der Waals surface area contributed by atoms with Crippen molar-refractivity contribution < 1.29 is 0 Å². The molecule has 2 heterocycles. The van der Waals surface area contributed by atoms with Crippen LogP contribution in [-0.2, 0) is 5.41 Å². The van der Waals surface area contributed by atoms with Crippen LogP contribution in [0.25, 0.3) is 0 Å². The second kappa shape index (κ2) is 7.80. The summed E-state index contributed by atoms with van der Waals surface area (Å²) in [6.45, 7) is 0. The SMILES string of the molecule is CN1[C@@H]2CC[C@H]1C[C@@H](CC(c1ccccc1)(c1ccccc1)c1ccccc1)C2. The molecule has 0 amide bonds. The smallest absolute Gasteiger partial charge is 0.0454 e. The number of fused-ring (bicyclic) bond motifs is 2. The maximum Gasteiger partial charge on any atom is 0.0454 e. The summed E-state index contributed by atoms with van der Waals surface area (Å²) in [5, 5.41) is 0. The van der Waals surface area contributed by atoms with Crippen LogP contribution in [0, 0.1) is 5.92 Å². The molecule has 0 aromatic heterocycles. The van der Waals surface area contributed by atoms with Crippen LogP contribution < -0.4 is 0 Å². The Morgan fingerprint density at radius 3 is 1.41 bits per heavy atom. The van der Waals surface area contributed by atoms with E-state index in [-0.39, 0.29) is 5.41 Å². The molecule has 2 saturated heterocycles. The van der Waals surface area contributed by atoms with Crippen molar-refractivity contribution in [2.24, 2.45) is 5.92 Å². The van der Waals surface area contributed by atoms with Gasteiger partial charge in [-0.3, -0.25) is 0 Å². The first-order valence-corrected chi connectivity index (χ1v) is 11.2. The van der Waals surface area contributed by atoms with Gasteiger partial charge in [-0.2, -0.15) is 0 Å². The molecule has 0 N–H and O–H groups in total. The number of nitrogens with zero attached hydrogens (tertiary/aromatic N) is 1. The lowest BCUT2D eigenvalue weighted by Gasteiger charge is -2.43. The molecule has 2 aliphatic heterocycles. The molecule has 1 heteroatoms. The van der Waals surface area contributed by atoms with Gasteiger partial charge >= 0.3 is 0 Å². The van der Waals surface area contributed by atoms with Crippen molar-refractivity contribution >= 4 is 0 Å². The Morgan fingerprint density at radius 1 is 0.655 bits per heavy atom. The fourth-order valence-corrected chi connectivity index (χ4v) is 6.15. The average Bonchev–Trinajstić information content (AvgIpc) is 3.00. The number of rotatable bonds is 5. The standard InChI is InChI=1S/C28H31N/c1-29-26-17-18-27(29)20-22(19-26)21-28(23-11-5-2-6-12-23,24-13-7-3-8-14-24)25-15-9-4-10-16-25/h2-16,22,26-27H,17-21H2,1H3/t22-,26+,27-. The Hall–Kier alpha value is -2.38. The van der Waals surface area contributed by atoms with Crippen LogP contribution in [0.15, 0.2) is 91.0 Å². The lowest BCUT2D eigenvalue weighted by Crippen LogP contribution is -2.42. The minimum atomic E-state index is -0.0935. The zero-order chi connectivity index (χ0) is 19.7. The Labute approximate surface area is 175 Å². The Balaban J connectivity index is 1.64. The average molecular weight is 382 g/mol. The van der Waals surface area contributed by atoms with Crippen molar-refractivity contribution in [3.8, 4) is 0 Å². The molecule has 2 bridgehead atoms. The highest BCUT2D eigenvalue weighted by atomic mass is 15.2. The highest BCUT2D eigenvalue weighted by Crippen LogP contribution is 2.48. The molecule has 0 saturated carbocycles. The first kappa shape index (κ1) is 18.6. The fraction of sp³-hybridized carbons (Fsp3) is 0.357. The Kier molecular flexibility index (Phi) is 5.01. The van der Waals surface area contributed by atoms with Gasteiger partial charge in [0.2, 0.25) is 0 Å². The van der Waals surface area contributed by atoms with Gasteiger partial charge in [0.15, 0.2) is 0 Å². The molecule has 0 radical (unpaired) electrons. The van der Waals surface area contributed by atoms with E-state index in [4.69, 9.17) is 0 Å². The van der Waals surface area contributed by atoms with Crippen molar-refractivity contribution in [3.63, 3.8) is 0 Å². The van der Waals surface area contributed by atoms with Crippen LogP contribution in [0.4, 0.5) is 0 Å². The minimum Gasteiger partial charge on any atom is -0.300 e. The number of benzene rings is 3. The van der Waals surface area contributed by atoms with E-state index in [2.05, 4.69) is 103 Å². The summed E-state index contributed by atoms with van der Waals surface area (Å²) in [5.74, 6) is 0.754. The number of piperidine rings is 1. The van der Waals surface area contributed by atoms with E-state index < -0.39 is 0 Å². The van der Waals surface area contributed by atoms with Gasteiger partial charge in [0.1, 0.15) is 0 Å². The number of hydrogen-bond acceptors (Lipinski definition) is 1. The summed E-state index contributed by atoms with van der Waals surface area (Å²) in [6.07, 6.45) is 6.62. The fourth-order valence-electron chi connectivity index (χ4n) is 6.15. The van der Waals surface area contributed by atoms with Gasteiger partial charge in [-0.15, -0.1) is 0 Å². The normalized spacial score (nSPS) is 24.5. The van der Waals surface area contributed by atoms with Crippen molar-refractivity contribution in [2.45, 2.75) is 49.6 Å². The summed E-state index contributed by atoms with van der Waals surface area (Å²) >= 11 is 0. The van der Waals surface area contributed by atoms with E-state index >= 15 is 0 Å². The first-order chi connectivity index (χ1) is 14.3. The molecular weight excluding hydrogens is 350 g/mol. The Morgan fingerprint density at radius 2 is 1.03 bits per heavy atom. The molecule has 148 valence electrons. The second-order valence-electron chi connectivity index (χ2n) is 9.10. The van der Waals surface area contributed by atoms with Crippen LogP contribution in [0.3, 0.4) is 0 Å². The molecule has 5 rings (SSSR count). The maximum absolute atomic E-state index is 2.66. The quantitative estimate of drug-likeness (QED) is 0.470. The van der Waals surface area contributed by atoms with E-state index in [1.807, 2.05) is 0 Å². The summed E-state index contributed by atoms with van der Waals surface area (Å²) in [6, 6.07) is 35.2. The van der Waals surface area contributed by atoms with Gasteiger partial charge in [0, 0.05) is 17.5 Å². The van der Waals surface area contributed by atoms with Crippen LogP contribution in [0.1, 0.15) is 48.8 Å². The summed E-state index contributed by atoms with van der Waals surface area (Å²) in [4.78, 5) is 2.66. The van der Waals surface area contributed by atoms with Crippen LogP contribution >= 0.6 is 0 Å². The molecule has 29 heavy (non-hydrogen) atoms. The van der Waals surface area contributed by atoms with Gasteiger partial charge in [-0.1, -0.05) is 91.0 Å². The van der Waals surface area contributed by atoms with Gasteiger partial charge in [-0.25, -0.2) is 0 Å². The van der Waals surface area contributed by atoms with Crippen LogP contribution in [0.5, 0.6) is 0 Å². The van der Waals surface area contributed by atoms with Gasteiger partial charge in [0.05, 0.1) is 0 Å². The van der Waals surface area contributed by atoms with Crippen molar-refractivity contribution in [1.82, 2.24) is 4.90 Å². The van der Waals surface area contributed by atoms with E-state index in [1.165, 1.54) is 48.8 Å². The highest BCUT2D eigenvalue weighted by molar-refractivity contribution is 5.50. The van der Waals surface area contributed by atoms with Gasteiger partial charge in [0.25, 0.3) is 0 Å². The summed E-state index contributed by atoms with van der Waals surface area (Å²) < 4.78 is 0. The molecule has 0 spiro atoms. The third-order valence-corrected chi connectivity index (χ3v) is 7.59. The summed E-state index contributed by atoms with van der Waals surface area (Å²) in [5.41, 5.74) is 4.17. The largest absolute Gasteiger partial charge is 0.300 e. The van der Waals surface area contributed by atoms with Gasteiger partial charge < -0.3 is 4.90 Å². The zero-order valence-electron chi connectivity index (χ0n) is 17.4. The molecule has 3 atom stereocenters. The molecule has 3 aromatic carbocycles. The molecule has 3 aromatic rings. The van der Waals surface area contributed by atoms with Gasteiger partial charge in [-0.05, 0) is 61.8 Å². The topological polar surface area (TPSA) is 3.24 Å². The van der Waals surface area contributed by atoms with Crippen molar-refractivity contribution in [1.29, 1.82) is 0 Å². The highest BCUT2D eigenvalue weighted by Gasteiger charge is 2.44. The maximum atomic E-state index is 2.66. The van der Waals surface area contributed by atoms with Crippen LogP contribution in [0.2, 0.25) is 0 Å². The predicted molar refractivity (Wildman–Crippen MR) is 121 cm³/mol. The molecule has 2 aliphatic rings. The predicted octanol–water partition coefficient (Wildman–Crippen LogP) is 6.28. The van der Waals surface area contributed by atoms with Crippen molar-refractivity contribution in [3.05, 3.63) is 108 Å². The van der Waals surface area contributed by atoms with E-state index in [0.29, 0.717) is 0 Å². The van der Waals surface area contributed by atoms with E-state index in [1.54, 1.807) is 0 Å². The lowest BCUT2D eigenvalue weighted by molar-refractivity contribution is 0.122. The zero-order valence-corrected chi connectivity index (χ0v) is 17.4. The third-order valence-electron chi connectivity index (χ3n) is 7.59. The molecule has 1 nitrogen and oxygen atoms in total. The Bertz CT molecular complexity index is 808. The van der Waals surface area contributed by atoms with Crippen molar-refractivity contribution in [2.75, 3.05) is 7.05 Å². The van der Waals surface area contributed by atoms with E-state index in [9.17, 15) is 0 Å². The van der Waals surface area contributed by atoms with Crippen LogP contribution in [-0.4, -0.2) is 24.0 Å². The molecule has 0 unspecified atom stereocenters. The minimum absolute atomic E-state index is 0.0935. The second-order valence-corrected chi connectivity index (χ2v) is 9.10. The van der Waals surface area contributed by atoms with E-state index in [0.717, 1.165) is 18.0 Å². The summed E-state index contributed by atoms with van der Waals surface area (Å²) in [7, 11) is 2.34. The number of hydrogen-bond donors (Lipinski definition) is 0. The third kappa shape index (κ3) is 3.32. The monoisotopic (exact) mass is 381 g/mol. The first-order valence-electron chi connectivity index (χ1n) is 11.2. The molecule has 0 aliphatic carbocycles. The molecular formula is C28H31N. The molecule has 2 fully saturated rings.